The van der Waals surface area contributed by atoms with Gasteiger partial charge in [-0.3, -0.25) is 0 Å². The minimum absolute atomic E-state index is 1.11. The molecular formula is C14H14S. The number of benzene rings is 2. The zero-order valence-electron chi connectivity index (χ0n) is 8.81. The van der Waals surface area contributed by atoms with Crippen LogP contribution in [0.4, 0.5) is 0 Å². The van der Waals surface area contributed by atoms with Crippen LogP contribution in [0, 0.1) is 0 Å². The second-order valence-electron chi connectivity index (χ2n) is 3.41. The molecule has 0 amide bonds. The molecule has 0 saturated carbocycles. The van der Waals surface area contributed by atoms with E-state index in [-0.39, 0.29) is 0 Å². The van der Waals surface area contributed by atoms with Crippen LogP contribution in [0.25, 0.3) is 0 Å². The third kappa shape index (κ3) is 2.87. The first-order valence-electron chi connectivity index (χ1n) is 5.20. The van der Waals surface area contributed by atoms with Gasteiger partial charge < -0.3 is 0 Å². The molecule has 0 aliphatic rings. The van der Waals surface area contributed by atoms with E-state index in [9.17, 15) is 0 Å². The van der Waals surface area contributed by atoms with Gasteiger partial charge in [-0.05, 0) is 36.2 Å². The maximum Gasteiger partial charge on any atom is 0.0122 e. The average Bonchev–Trinajstić information content (AvgIpc) is 2.31. The van der Waals surface area contributed by atoms with E-state index in [0.29, 0.717) is 0 Å². The van der Waals surface area contributed by atoms with Gasteiger partial charge in [0.1, 0.15) is 0 Å². The lowest BCUT2D eigenvalue weighted by Gasteiger charge is -2.02. The second kappa shape index (κ2) is 5.04. The molecule has 15 heavy (non-hydrogen) atoms. The van der Waals surface area contributed by atoms with Crippen molar-refractivity contribution in [2.75, 3.05) is 0 Å². The predicted octanol–water partition coefficient (Wildman–Crippen LogP) is 4.40. The minimum Gasteiger partial charge on any atom is -0.0901 e. The van der Waals surface area contributed by atoms with Crippen molar-refractivity contribution in [3.8, 4) is 0 Å². The maximum absolute atomic E-state index is 2.20. The molecule has 0 unspecified atom stereocenters. The van der Waals surface area contributed by atoms with Crippen molar-refractivity contribution in [2.45, 2.75) is 23.1 Å². The molecule has 0 bridgehead atoms. The number of hydrogen-bond donors (Lipinski definition) is 0. The van der Waals surface area contributed by atoms with Gasteiger partial charge in [0.15, 0.2) is 0 Å². The topological polar surface area (TPSA) is 0 Å². The summed E-state index contributed by atoms with van der Waals surface area (Å²) in [6, 6.07) is 19.2. The largest absolute Gasteiger partial charge is 0.0901 e. The molecule has 2 aromatic rings. The van der Waals surface area contributed by atoms with Crippen molar-refractivity contribution in [1.29, 1.82) is 0 Å². The summed E-state index contributed by atoms with van der Waals surface area (Å²) < 4.78 is 0. The Bertz CT molecular complexity index is 403. The fourth-order valence-corrected chi connectivity index (χ4v) is 2.26. The molecule has 76 valence electrons. The molecular weight excluding hydrogens is 200 g/mol. The summed E-state index contributed by atoms with van der Waals surface area (Å²) in [5.41, 5.74) is 1.40. The predicted molar refractivity (Wildman–Crippen MR) is 66.4 cm³/mol. The summed E-state index contributed by atoms with van der Waals surface area (Å²) in [5, 5.41) is 0. The maximum atomic E-state index is 2.20. The lowest BCUT2D eigenvalue weighted by molar-refractivity contribution is 1.13. The standard InChI is InChI=1S/C14H14S/c1-2-12-8-10-14(11-9-12)15-13-6-4-3-5-7-13/h3-11H,2H2,1H3. The van der Waals surface area contributed by atoms with Gasteiger partial charge in [-0.2, -0.15) is 0 Å². The van der Waals surface area contributed by atoms with Crippen molar-refractivity contribution in [1.82, 2.24) is 0 Å². The van der Waals surface area contributed by atoms with E-state index in [1.807, 2.05) is 6.07 Å². The molecule has 0 aromatic heterocycles. The lowest BCUT2D eigenvalue weighted by Crippen LogP contribution is -1.78. The molecule has 0 saturated heterocycles. The van der Waals surface area contributed by atoms with Crippen molar-refractivity contribution in [3.63, 3.8) is 0 Å². The first kappa shape index (κ1) is 10.3. The molecule has 0 N–H and O–H groups in total. The normalized spacial score (nSPS) is 10.2. The van der Waals surface area contributed by atoms with Gasteiger partial charge in [0.2, 0.25) is 0 Å². The fourth-order valence-electron chi connectivity index (χ4n) is 1.42. The molecule has 1 heteroatoms. The Balaban J connectivity index is 2.11. The Kier molecular flexibility index (Phi) is 3.46. The number of aryl methyl sites for hydroxylation is 1. The zero-order chi connectivity index (χ0) is 10.5. The smallest absolute Gasteiger partial charge is 0.0122 e. The molecule has 2 rings (SSSR count). The highest BCUT2D eigenvalue weighted by Crippen LogP contribution is 2.27. The third-order valence-corrected chi connectivity index (χ3v) is 3.33. The molecule has 0 nitrogen and oxygen atoms in total. The van der Waals surface area contributed by atoms with Crippen LogP contribution in [-0.2, 0) is 6.42 Å². The zero-order valence-corrected chi connectivity index (χ0v) is 9.63. The fraction of sp³-hybridized carbons (Fsp3) is 0.143. The average molecular weight is 214 g/mol. The van der Waals surface area contributed by atoms with E-state index in [1.165, 1.54) is 15.4 Å². The Labute approximate surface area is 95.3 Å². The summed E-state index contributed by atoms with van der Waals surface area (Å²) in [7, 11) is 0. The highest BCUT2D eigenvalue weighted by Gasteiger charge is 1.96. The van der Waals surface area contributed by atoms with Crippen LogP contribution in [0.5, 0.6) is 0 Å². The molecule has 0 spiro atoms. The van der Waals surface area contributed by atoms with Gasteiger partial charge in [0.05, 0.1) is 0 Å². The van der Waals surface area contributed by atoms with Crippen LogP contribution >= 0.6 is 11.8 Å². The van der Waals surface area contributed by atoms with Crippen molar-refractivity contribution >= 4 is 11.8 Å². The van der Waals surface area contributed by atoms with Crippen LogP contribution < -0.4 is 0 Å². The van der Waals surface area contributed by atoms with Gasteiger partial charge in [0, 0.05) is 9.79 Å². The number of rotatable bonds is 3. The van der Waals surface area contributed by atoms with E-state index in [2.05, 4.69) is 55.5 Å². The Morgan fingerprint density at radius 2 is 1.40 bits per heavy atom. The van der Waals surface area contributed by atoms with Crippen LogP contribution in [0.1, 0.15) is 12.5 Å². The second-order valence-corrected chi connectivity index (χ2v) is 4.56. The Morgan fingerprint density at radius 1 is 0.800 bits per heavy atom. The van der Waals surface area contributed by atoms with Gasteiger partial charge in [-0.15, -0.1) is 0 Å². The first-order chi connectivity index (χ1) is 7.38. The summed E-state index contributed by atoms with van der Waals surface area (Å²) >= 11 is 1.81. The van der Waals surface area contributed by atoms with Gasteiger partial charge in [-0.1, -0.05) is 49.0 Å². The monoisotopic (exact) mass is 214 g/mol. The molecule has 0 atom stereocenters. The minimum atomic E-state index is 1.11. The first-order valence-corrected chi connectivity index (χ1v) is 6.02. The quantitative estimate of drug-likeness (QED) is 0.729. The van der Waals surface area contributed by atoms with E-state index < -0.39 is 0 Å². The van der Waals surface area contributed by atoms with Crippen molar-refractivity contribution < 1.29 is 0 Å². The molecule has 0 aliphatic carbocycles. The van der Waals surface area contributed by atoms with Crippen LogP contribution in [-0.4, -0.2) is 0 Å². The van der Waals surface area contributed by atoms with Gasteiger partial charge in [0.25, 0.3) is 0 Å². The third-order valence-electron chi connectivity index (χ3n) is 2.31. The Hall–Kier alpha value is -1.21. The van der Waals surface area contributed by atoms with Gasteiger partial charge in [-0.25, -0.2) is 0 Å². The molecule has 0 aliphatic heterocycles. The summed E-state index contributed by atoms with van der Waals surface area (Å²) in [4.78, 5) is 2.60. The molecule has 0 radical (unpaired) electrons. The molecule has 0 heterocycles. The number of hydrogen-bond acceptors (Lipinski definition) is 1. The lowest BCUT2D eigenvalue weighted by atomic mass is 10.2. The Morgan fingerprint density at radius 3 is 2.00 bits per heavy atom. The molecule has 2 aromatic carbocycles. The van der Waals surface area contributed by atoms with Crippen molar-refractivity contribution in [3.05, 3.63) is 60.2 Å². The molecule has 0 fully saturated rings. The van der Waals surface area contributed by atoms with E-state index >= 15 is 0 Å². The van der Waals surface area contributed by atoms with Crippen LogP contribution in [0.3, 0.4) is 0 Å². The summed E-state index contributed by atoms with van der Waals surface area (Å²) in [6.07, 6.45) is 1.11. The summed E-state index contributed by atoms with van der Waals surface area (Å²) in [6.45, 7) is 2.18. The van der Waals surface area contributed by atoms with E-state index in [4.69, 9.17) is 0 Å². The van der Waals surface area contributed by atoms with Crippen molar-refractivity contribution in [2.24, 2.45) is 0 Å². The SMILES string of the molecule is CCc1ccc(Sc2ccccc2)cc1. The highest BCUT2D eigenvalue weighted by molar-refractivity contribution is 7.99. The van der Waals surface area contributed by atoms with E-state index in [0.717, 1.165) is 6.42 Å². The van der Waals surface area contributed by atoms with Crippen LogP contribution in [0.15, 0.2) is 64.4 Å². The van der Waals surface area contributed by atoms with E-state index in [1.54, 1.807) is 11.8 Å². The highest BCUT2D eigenvalue weighted by atomic mass is 32.2. The van der Waals surface area contributed by atoms with Crippen LogP contribution in [0.2, 0.25) is 0 Å². The summed E-state index contributed by atoms with van der Waals surface area (Å²) in [5.74, 6) is 0. The van der Waals surface area contributed by atoms with Gasteiger partial charge >= 0.3 is 0 Å².